The Morgan fingerprint density at radius 1 is 1.07 bits per heavy atom. The Morgan fingerprint density at radius 2 is 1.81 bits per heavy atom. The molecule has 6 nitrogen and oxygen atoms in total. The van der Waals surface area contributed by atoms with Gasteiger partial charge in [-0.15, -0.1) is 0 Å². The van der Waals surface area contributed by atoms with E-state index in [1.807, 2.05) is 11.0 Å². The van der Waals surface area contributed by atoms with Gasteiger partial charge in [0.1, 0.15) is 23.7 Å². The van der Waals surface area contributed by atoms with Gasteiger partial charge in [-0.1, -0.05) is 25.0 Å². The number of nitrogens with zero attached hydrogens (tertiary/aromatic N) is 4. The Bertz CT molecular complexity index is 800. The number of carbonyl (C=O) groups is 1. The van der Waals surface area contributed by atoms with Crippen LogP contribution in [-0.2, 0) is 0 Å². The van der Waals surface area contributed by atoms with E-state index in [0.29, 0.717) is 49.4 Å². The van der Waals surface area contributed by atoms with Crippen molar-refractivity contribution in [2.24, 2.45) is 0 Å². The molecule has 1 aliphatic heterocycles. The van der Waals surface area contributed by atoms with E-state index in [9.17, 15) is 9.18 Å². The van der Waals surface area contributed by atoms with Gasteiger partial charge in [-0.2, -0.15) is 0 Å². The number of benzene rings is 1. The molecule has 1 aromatic carbocycles. The van der Waals surface area contributed by atoms with Crippen LogP contribution >= 0.6 is 0 Å². The zero-order valence-corrected chi connectivity index (χ0v) is 15.3. The molecule has 0 radical (unpaired) electrons. The van der Waals surface area contributed by atoms with Gasteiger partial charge in [0, 0.05) is 38.3 Å². The second-order valence-corrected chi connectivity index (χ2v) is 7.14. The second-order valence-electron chi connectivity index (χ2n) is 7.14. The van der Waals surface area contributed by atoms with Crippen molar-refractivity contribution in [3.63, 3.8) is 0 Å². The zero-order chi connectivity index (χ0) is 18.6. The fraction of sp³-hybridized carbons (Fsp3) is 0.450. The minimum atomic E-state index is -0.226. The van der Waals surface area contributed by atoms with Gasteiger partial charge in [-0.05, 0) is 25.0 Å². The highest BCUT2D eigenvalue weighted by Gasteiger charge is 2.25. The summed E-state index contributed by atoms with van der Waals surface area (Å²) < 4.78 is 14.0. The molecule has 1 aliphatic carbocycles. The fourth-order valence-electron chi connectivity index (χ4n) is 3.85. The maximum atomic E-state index is 14.0. The van der Waals surface area contributed by atoms with Gasteiger partial charge < -0.3 is 15.1 Å². The molecule has 2 fully saturated rings. The Balaban J connectivity index is 1.38. The van der Waals surface area contributed by atoms with Gasteiger partial charge in [0.15, 0.2) is 0 Å². The molecule has 2 heterocycles. The molecule has 2 aliphatic rings. The van der Waals surface area contributed by atoms with E-state index in [0.717, 1.165) is 12.8 Å². The molecule has 1 saturated heterocycles. The Kier molecular flexibility index (Phi) is 5.18. The largest absolute Gasteiger partial charge is 0.367 e. The van der Waals surface area contributed by atoms with Crippen LogP contribution in [0.5, 0.6) is 0 Å². The lowest BCUT2D eigenvalue weighted by Gasteiger charge is -2.36. The van der Waals surface area contributed by atoms with Crippen LogP contribution in [0, 0.1) is 5.82 Å². The lowest BCUT2D eigenvalue weighted by Crippen LogP contribution is -2.49. The minimum absolute atomic E-state index is 0.0972. The van der Waals surface area contributed by atoms with Gasteiger partial charge in [0.2, 0.25) is 0 Å². The number of halogens is 1. The van der Waals surface area contributed by atoms with Crippen LogP contribution in [0.2, 0.25) is 0 Å². The van der Waals surface area contributed by atoms with Gasteiger partial charge >= 0.3 is 0 Å². The maximum Gasteiger partial charge on any atom is 0.272 e. The second kappa shape index (κ2) is 7.90. The SMILES string of the molecule is O=C(c1cc(NC2CCCC2)ncn1)N1CCN(c2ccccc2F)CC1. The summed E-state index contributed by atoms with van der Waals surface area (Å²) in [7, 11) is 0. The van der Waals surface area contributed by atoms with E-state index in [2.05, 4.69) is 15.3 Å². The summed E-state index contributed by atoms with van der Waals surface area (Å²) >= 11 is 0. The zero-order valence-electron chi connectivity index (χ0n) is 15.3. The first-order valence-corrected chi connectivity index (χ1v) is 9.58. The average Bonchev–Trinajstić information content (AvgIpc) is 3.21. The topological polar surface area (TPSA) is 61.4 Å². The van der Waals surface area contributed by atoms with Crippen molar-refractivity contribution < 1.29 is 9.18 Å². The van der Waals surface area contributed by atoms with Gasteiger partial charge in [0.25, 0.3) is 5.91 Å². The molecule has 1 amide bonds. The summed E-state index contributed by atoms with van der Waals surface area (Å²) in [4.78, 5) is 25.0. The van der Waals surface area contributed by atoms with Crippen LogP contribution in [0.3, 0.4) is 0 Å². The molecular weight excluding hydrogens is 345 g/mol. The van der Waals surface area contributed by atoms with Crippen LogP contribution in [0.15, 0.2) is 36.7 Å². The Labute approximate surface area is 158 Å². The van der Waals surface area contributed by atoms with Crippen LogP contribution in [-0.4, -0.2) is 53.0 Å². The first-order chi connectivity index (χ1) is 13.2. The van der Waals surface area contributed by atoms with Crippen molar-refractivity contribution in [2.45, 2.75) is 31.7 Å². The maximum absolute atomic E-state index is 14.0. The van der Waals surface area contributed by atoms with E-state index in [-0.39, 0.29) is 11.7 Å². The smallest absolute Gasteiger partial charge is 0.272 e. The molecule has 1 N–H and O–H groups in total. The average molecular weight is 369 g/mol. The van der Waals surface area contributed by atoms with Crippen LogP contribution < -0.4 is 10.2 Å². The van der Waals surface area contributed by atoms with Gasteiger partial charge in [-0.3, -0.25) is 4.79 Å². The summed E-state index contributed by atoms with van der Waals surface area (Å²) in [5, 5.41) is 3.40. The van der Waals surface area contributed by atoms with E-state index in [4.69, 9.17) is 0 Å². The van der Waals surface area contributed by atoms with Gasteiger partial charge in [0.05, 0.1) is 5.69 Å². The highest BCUT2D eigenvalue weighted by molar-refractivity contribution is 5.93. The number of piperazine rings is 1. The highest BCUT2D eigenvalue weighted by atomic mass is 19.1. The van der Waals surface area contributed by atoms with E-state index < -0.39 is 0 Å². The molecule has 142 valence electrons. The predicted octanol–water partition coefficient (Wildman–Crippen LogP) is 2.93. The number of rotatable bonds is 4. The molecular formula is C20H24FN5O. The lowest BCUT2D eigenvalue weighted by molar-refractivity contribution is 0.0740. The van der Waals surface area contributed by atoms with Crippen molar-refractivity contribution in [3.05, 3.63) is 48.2 Å². The summed E-state index contributed by atoms with van der Waals surface area (Å²) in [6.07, 6.45) is 6.21. The first kappa shape index (κ1) is 17.7. The molecule has 0 atom stereocenters. The van der Waals surface area contributed by atoms with Gasteiger partial charge in [-0.25, -0.2) is 14.4 Å². The molecule has 4 rings (SSSR count). The third-order valence-electron chi connectivity index (χ3n) is 5.35. The number of hydrogen-bond acceptors (Lipinski definition) is 5. The number of carbonyl (C=O) groups excluding carboxylic acids is 1. The minimum Gasteiger partial charge on any atom is -0.367 e. The van der Waals surface area contributed by atoms with Crippen molar-refractivity contribution in [3.8, 4) is 0 Å². The standard InChI is InChI=1S/C20H24FN5O/c21-16-7-3-4-8-18(16)25-9-11-26(12-10-25)20(27)17-13-19(23-14-22-17)24-15-5-1-2-6-15/h3-4,7-8,13-15H,1-2,5-6,9-12H2,(H,22,23,24). The Morgan fingerprint density at radius 3 is 2.56 bits per heavy atom. The summed E-state index contributed by atoms with van der Waals surface area (Å²) in [5.41, 5.74) is 1.000. The van der Waals surface area contributed by atoms with Crippen molar-refractivity contribution >= 4 is 17.4 Å². The lowest BCUT2D eigenvalue weighted by atomic mass is 10.2. The highest BCUT2D eigenvalue weighted by Crippen LogP contribution is 2.22. The quantitative estimate of drug-likeness (QED) is 0.898. The molecule has 1 saturated carbocycles. The Hall–Kier alpha value is -2.70. The number of para-hydroxylation sites is 1. The normalized spacial score (nSPS) is 18.0. The number of amides is 1. The molecule has 7 heteroatoms. The molecule has 0 spiro atoms. The molecule has 0 unspecified atom stereocenters. The van der Waals surface area contributed by atoms with E-state index in [1.54, 1.807) is 23.1 Å². The summed E-state index contributed by atoms with van der Waals surface area (Å²) in [6, 6.07) is 8.93. The predicted molar refractivity (Wildman–Crippen MR) is 102 cm³/mol. The summed E-state index contributed by atoms with van der Waals surface area (Å²) in [5.74, 6) is 0.390. The third-order valence-corrected chi connectivity index (χ3v) is 5.35. The van der Waals surface area contributed by atoms with Crippen LogP contribution in [0.25, 0.3) is 0 Å². The number of anilines is 2. The number of aromatic nitrogens is 2. The molecule has 2 aromatic rings. The molecule has 27 heavy (non-hydrogen) atoms. The summed E-state index contributed by atoms with van der Waals surface area (Å²) in [6.45, 7) is 2.29. The number of nitrogens with one attached hydrogen (secondary N) is 1. The van der Waals surface area contributed by atoms with Crippen molar-refractivity contribution in [1.82, 2.24) is 14.9 Å². The van der Waals surface area contributed by atoms with Crippen LogP contribution in [0.4, 0.5) is 15.9 Å². The monoisotopic (exact) mass is 369 g/mol. The van der Waals surface area contributed by atoms with Crippen molar-refractivity contribution in [1.29, 1.82) is 0 Å². The third kappa shape index (κ3) is 4.02. The van der Waals surface area contributed by atoms with Crippen LogP contribution in [0.1, 0.15) is 36.2 Å². The van der Waals surface area contributed by atoms with E-state index in [1.165, 1.54) is 25.2 Å². The van der Waals surface area contributed by atoms with Crippen molar-refractivity contribution in [2.75, 3.05) is 36.4 Å². The number of hydrogen-bond donors (Lipinski definition) is 1. The molecule has 0 bridgehead atoms. The molecule has 1 aromatic heterocycles. The first-order valence-electron chi connectivity index (χ1n) is 9.58. The van der Waals surface area contributed by atoms with E-state index >= 15 is 0 Å². The fourth-order valence-corrected chi connectivity index (χ4v) is 3.85.